The van der Waals surface area contributed by atoms with Crippen LogP contribution in [0, 0.1) is 25.7 Å². The molecule has 2 aliphatic rings. The van der Waals surface area contributed by atoms with Crippen molar-refractivity contribution in [1.29, 1.82) is 0 Å². The number of hydrogen-bond donors (Lipinski definition) is 1. The van der Waals surface area contributed by atoms with Crippen molar-refractivity contribution < 1.29 is 9.84 Å². The molecule has 2 fully saturated rings. The van der Waals surface area contributed by atoms with Crippen LogP contribution in [-0.2, 0) is 6.54 Å². The highest BCUT2D eigenvalue weighted by Gasteiger charge is 2.42. The van der Waals surface area contributed by atoms with Crippen LogP contribution < -0.4 is 4.74 Å². The monoisotopic (exact) mass is 403 g/mol. The number of aryl methyl sites for hydroxylation is 2. The van der Waals surface area contributed by atoms with E-state index in [9.17, 15) is 5.11 Å². The fourth-order valence-corrected chi connectivity index (χ4v) is 5.13. The third kappa shape index (κ3) is 3.92. The molecule has 1 aromatic carbocycles. The van der Waals surface area contributed by atoms with E-state index in [0.29, 0.717) is 11.8 Å². The smallest absolute Gasteiger partial charge is 0.141 e. The predicted octanol–water partition coefficient (Wildman–Crippen LogP) is 3.90. The molecule has 0 amide bonds. The van der Waals surface area contributed by atoms with Crippen molar-refractivity contribution in [2.45, 2.75) is 45.4 Å². The van der Waals surface area contributed by atoms with Crippen LogP contribution in [0.5, 0.6) is 5.75 Å². The number of ether oxygens (including phenoxy) is 1. The fourth-order valence-electron chi connectivity index (χ4n) is 5.13. The first-order chi connectivity index (χ1) is 14.5. The van der Waals surface area contributed by atoms with Gasteiger partial charge in [0.1, 0.15) is 11.9 Å². The van der Waals surface area contributed by atoms with Crippen LogP contribution >= 0.6 is 0 Å². The second kappa shape index (κ2) is 7.97. The maximum Gasteiger partial charge on any atom is 0.141 e. The zero-order chi connectivity index (χ0) is 20.7. The minimum Gasteiger partial charge on any atom is -0.486 e. The Bertz CT molecular complexity index is 1050. The molecule has 0 bridgehead atoms. The molecular weight excluding hydrogens is 374 g/mol. The second-order valence-corrected chi connectivity index (χ2v) is 8.94. The summed E-state index contributed by atoms with van der Waals surface area (Å²) in [6.45, 7) is 6.87. The van der Waals surface area contributed by atoms with Crippen LogP contribution in [0.3, 0.4) is 0 Å². The van der Waals surface area contributed by atoms with E-state index in [1.807, 2.05) is 38.1 Å². The van der Waals surface area contributed by atoms with Crippen LogP contribution in [0.4, 0.5) is 0 Å². The number of likely N-dealkylation sites (tertiary alicyclic amines) is 1. The van der Waals surface area contributed by atoms with E-state index in [1.54, 1.807) is 0 Å². The summed E-state index contributed by atoms with van der Waals surface area (Å²) in [4.78, 5) is 11.8. The number of aromatic nitrogens is 2. The number of rotatable bonds is 4. The van der Waals surface area contributed by atoms with Crippen molar-refractivity contribution in [1.82, 2.24) is 14.9 Å². The van der Waals surface area contributed by atoms with Gasteiger partial charge in [-0.2, -0.15) is 0 Å². The van der Waals surface area contributed by atoms with Crippen molar-refractivity contribution in [2.24, 2.45) is 11.8 Å². The summed E-state index contributed by atoms with van der Waals surface area (Å²) < 4.78 is 6.22. The van der Waals surface area contributed by atoms with E-state index >= 15 is 0 Å². The van der Waals surface area contributed by atoms with E-state index < -0.39 is 6.10 Å². The Morgan fingerprint density at radius 3 is 2.60 bits per heavy atom. The Labute approximate surface area is 177 Å². The van der Waals surface area contributed by atoms with Gasteiger partial charge in [0.2, 0.25) is 0 Å². The van der Waals surface area contributed by atoms with E-state index in [1.165, 1.54) is 5.39 Å². The highest BCUT2D eigenvalue weighted by atomic mass is 16.5. The minimum absolute atomic E-state index is 0.159. The zero-order valence-corrected chi connectivity index (χ0v) is 17.7. The third-order valence-corrected chi connectivity index (χ3v) is 6.66. The number of pyridine rings is 2. The first kappa shape index (κ1) is 19.5. The van der Waals surface area contributed by atoms with E-state index in [2.05, 4.69) is 34.1 Å². The van der Waals surface area contributed by atoms with Crippen LogP contribution in [0.2, 0.25) is 0 Å². The molecule has 5 rings (SSSR count). The molecule has 3 heterocycles. The summed E-state index contributed by atoms with van der Waals surface area (Å²) in [5.74, 6) is 1.87. The first-order valence-corrected chi connectivity index (χ1v) is 10.9. The molecule has 1 N–H and O–H groups in total. The molecule has 4 atom stereocenters. The van der Waals surface area contributed by atoms with Gasteiger partial charge in [-0.15, -0.1) is 0 Å². The van der Waals surface area contributed by atoms with E-state index in [0.717, 1.165) is 60.8 Å². The fraction of sp³-hybridized carbons (Fsp3) is 0.440. The van der Waals surface area contributed by atoms with Crippen molar-refractivity contribution in [3.63, 3.8) is 0 Å². The molecular formula is C25H29N3O2. The average molecular weight is 404 g/mol. The molecule has 0 spiro atoms. The SMILES string of the molecule is Cc1ccc(O[C@@H]2C[C@@H]3CN(Cc4ccc5ccccc5n4)C[C@@H]3C[C@H]2O)c(C)n1. The van der Waals surface area contributed by atoms with Gasteiger partial charge in [-0.1, -0.05) is 24.3 Å². The maximum absolute atomic E-state index is 10.7. The summed E-state index contributed by atoms with van der Waals surface area (Å²) in [6, 6.07) is 16.5. The maximum atomic E-state index is 10.7. The quantitative estimate of drug-likeness (QED) is 0.716. The van der Waals surface area contributed by atoms with Gasteiger partial charge in [-0.25, -0.2) is 0 Å². The molecule has 1 aliphatic heterocycles. The molecule has 156 valence electrons. The number of para-hydroxylation sites is 1. The molecule has 1 aliphatic carbocycles. The van der Waals surface area contributed by atoms with E-state index in [-0.39, 0.29) is 6.10 Å². The van der Waals surface area contributed by atoms with Crippen molar-refractivity contribution in [2.75, 3.05) is 13.1 Å². The normalized spacial score (nSPS) is 26.6. The van der Waals surface area contributed by atoms with Gasteiger partial charge in [-0.3, -0.25) is 14.9 Å². The van der Waals surface area contributed by atoms with Crippen LogP contribution in [-0.4, -0.2) is 45.3 Å². The summed E-state index contributed by atoms with van der Waals surface area (Å²) >= 11 is 0. The number of nitrogens with zero attached hydrogens (tertiary/aromatic N) is 3. The molecule has 5 heteroatoms. The topological polar surface area (TPSA) is 58.5 Å². The van der Waals surface area contributed by atoms with Crippen LogP contribution in [0.25, 0.3) is 10.9 Å². The minimum atomic E-state index is -0.425. The average Bonchev–Trinajstić information content (AvgIpc) is 3.11. The molecule has 1 saturated carbocycles. The third-order valence-electron chi connectivity index (χ3n) is 6.66. The van der Waals surface area contributed by atoms with Gasteiger partial charge in [0, 0.05) is 30.7 Å². The Morgan fingerprint density at radius 2 is 1.77 bits per heavy atom. The summed E-state index contributed by atoms with van der Waals surface area (Å²) in [7, 11) is 0. The lowest BCUT2D eigenvalue weighted by Crippen LogP contribution is -2.42. The molecule has 2 aromatic heterocycles. The molecule has 30 heavy (non-hydrogen) atoms. The Hall–Kier alpha value is -2.50. The lowest BCUT2D eigenvalue weighted by atomic mass is 9.78. The summed E-state index contributed by atoms with van der Waals surface area (Å²) in [5.41, 5.74) is 4.04. The summed E-state index contributed by atoms with van der Waals surface area (Å²) in [5, 5.41) is 11.9. The molecule has 5 nitrogen and oxygen atoms in total. The second-order valence-electron chi connectivity index (χ2n) is 8.94. The molecule has 1 saturated heterocycles. The lowest BCUT2D eigenvalue weighted by molar-refractivity contribution is -0.0236. The number of aliphatic hydroxyl groups is 1. The Balaban J connectivity index is 1.24. The number of fused-ring (bicyclic) bond motifs is 2. The number of hydrogen-bond acceptors (Lipinski definition) is 5. The van der Waals surface area contributed by atoms with Gasteiger partial charge >= 0.3 is 0 Å². The molecule has 3 aromatic rings. The zero-order valence-electron chi connectivity index (χ0n) is 17.7. The Morgan fingerprint density at radius 1 is 0.967 bits per heavy atom. The standard InChI is InChI=1S/C25H29N3O2/c1-16-7-10-24(17(2)26-16)30-25-12-20-14-28(13-19(20)11-23(25)29)15-21-9-8-18-5-3-4-6-22(18)27-21/h3-10,19-20,23,25,29H,11-15H2,1-2H3/t19-,20+,23+,25+/m0/s1. The molecule has 0 unspecified atom stereocenters. The first-order valence-electron chi connectivity index (χ1n) is 10.9. The van der Waals surface area contributed by atoms with Gasteiger partial charge in [-0.05, 0) is 62.8 Å². The van der Waals surface area contributed by atoms with Gasteiger partial charge in [0.15, 0.2) is 0 Å². The highest BCUT2D eigenvalue weighted by Crippen LogP contribution is 2.38. The highest BCUT2D eigenvalue weighted by molar-refractivity contribution is 5.78. The van der Waals surface area contributed by atoms with Gasteiger partial charge in [0.25, 0.3) is 0 Å². The van der Waals surface area contributed by atoms with Crippen LogP contribution in [0.1, 0.15) is 29.9 Å². The van der Waals surface area contributed by atoms with E-state index in [4.69, 9.17) is 9.72 Å². The Kier molecular flexibility index (Phi) is 5.17. The lowest BCUT2D eigenvalue weighted by Gasteiger charge is -2.35. The van der Waals surface area contributed by atoms with Crippen molar-refractivity contribution in [3.8, 4) is 5.75 Å². The summed E-state index contributed by atoms with van der Waals surface area (Å²) in [6.07, 6.45) is 1.11. The molecule has 0 radical (unpaired) electrons. The predicted molar refractivity (Wildman–Crippen MR) is 117 cm³/mol. The van der Waals surface area contributed by atoms with Gasteiger partial charge < -0.3 is 9.84 Å². The number of benzene rings is 1. The number of aliphatic hydroxyl groups excluding tert-OH is 1. The van der Waals surface area contributed by atoms with Crippen molar-refractivity contribution >= 4 is 10.9 Å². The van der Waals surface area contributed by atoms with Crippen LogP contribution in [0.15, 0.2) is 48.5 Å². The van der Waals surface area contributed by atoms with Gasteiger partial charge in [0.05, 0.1) is 23.0 Å². The largest absolute Gasteiger partial charge is 0.486 e. The van der Waals surface area contributed by atoms with Crippen molar-refractivity contribution in [3.05, 3.63) is 65.6 Å².